The molecule has 27 heavy (non-hydrogen) atoms. The van der Waals surface area contributed by atoms with Crippen molar-refractivity contribution in [3.8, 4) is 5.88 Å². The van der Waals surface area contributed by atoms with Crippen LogP contribution in [0.15, 0.2) is 23.3 Å². The predicted molar refractivity (Wildman–Crippen MR) is 117 cm³/mol. The number of aliphatic imine (C=N–C) groups is 1. The van der Waals surface area contributed by atoms with Crippen molar-refractivity contribution < 1.29 is 14.3 Å². The van der Waals surface area contributed by atoms with Crippen molar-refractivity contribution in [1.29, 1.82) is 0 Å². The van der Waals surface area contributed by atoms with Crippen molar-refractivity contribution >= 4 is 35.9 Å². The Kier molecular flexibility index (Phi) is 11.1. The number of piperidine rings is 1. The summed E-state index contributed by atoms with van der Waals surface area (Å²) >= 11 is 0. The van der Waals surface area contributed by atoms with Crippen molar-refractivity contribution in [3.63, 3.8) is 0 Å². The lowest BCUT2D eigenvalue weighted by atomic mass is 9.97. The number of hydrogen-bond donors (Lipinski definition) is 1. The fraction of sp³-hybridized carbons (Fsp3) is 0.632. The highest BCUT2D eigenvalue weighted by Crippen LogP contribution is 2.18. The minimum Gasteiger partial charge on any atom is -0.478 e. The van der Waals surface area contributed by atoms with E-state index in [0.717, 1.165) is 50.4 Å². The Hall–Kier alpha value is -1.58. The molecule has 0 bridgehead atoms. The van der Waals surface area contributed by atoms with Crippen LogP contribution in [0, 0.1) is 5.92 Å². The molecule has 0 atom stereocenters. The van der Waals surface area contributed by atoms with Crippen LogP contribution in [0.1, 0.15) is 38.7 Å². The maximum Gasteiger partial charge on any atom is 0.308 e. The maximum atomic E-state index is 11.7. The average Bonchev–Trinajstić information content (AvgIpc) is 2.70. The molecular formula is C19H31IN4O3. The zero-order valence-electron chi connectivity index (χ0n) is 16.4. The van der Waals surface area contributed by atoms with E-state index in [9.17, 15) is 4.79 Å². The molecule has 0 unspecified atom stereocenters. The molecule has 1 N–H and O–H groups in total. The summed E-state index contributed by atoms with van der Waals surface area (Å²) in [7, 11) is 1.45. The number of guanidine groups is 1. The van der Waals surface area contributed by atoms with Gasteiger partial charge in [0.2, 0.25) is 5.88 Å². The van der Waals surface area contributed by atoms with E-state index in [2.05, 4.69) is 29.0 Å². The van der Waals surface area contributed by atoms with E-state index in [1.807, 2.05) is 18.3 Å². The van der Waals surface area contributed by atoms with Gasteiger partial charge in [-0.15, -0.1) is 24.0 Å². The van der Waals surface area contributed by atoms with E-state index in [1.54, 1.807) is 0 Å². The van der Waals surface area contributed by atoms with Crippen molar-refractivity contribution in [1.82, 2.24) is 15.2 Å². The van der Waals surface area contributed by atoms with Crippen LogP contribution in [0.5, 0.6) is 5.88 Å². The molecule has 0 amide bonds. The quantitative estimate of drug-likeness (QED) is 0.274. The number of esters is 1. The molecule has 0 saturated carbocycles. The number of pyridine rings is 1. The number of nitrogens with one attached hydrogen (secondary N) is 1. The Balaban J connectivity index is 0.00000364. The molecular weight excluding hydrogens is 459 g/mol. The van der Waals surface area contributed by atoms with Gasteiger partial charge in [0.05, 0.1) is 26.2 Å². The van der Waals surface area contributed by atoms with Crippen molar-refractivity contribution in [2.45, 2.75) is 39.7 Å². The zero-order chi connectivity index (χ0) is 18.8. The molecule has 1 fully saturated rings. The number of hydrogen-bond acceptors (Lipinski definition) is 5. The normalized spacial score (nSPS) is 15.1. The summed E-state index contributed by atoms with van der Waals surface area (Å²) in [5, 5.41) is 3.33. The second kappa shape index (κ2) is 12.7. The third-order valence-corrected chi connectivity index (χ3v) is 4.33. The molecule has 0 radical (unpaired) electrons. The molecule has 2 rings (SSSR count). The van der Waals surface area contributed by atoms with Crippen LogP contribution in [-0.4, -0.2) is 55.2 Å². The third kappa shape index (κ3) is 7.51. The molecule has 1 saturated heterocycles. The Morgan fingerprint density at radius 2 is 2.07 bits per heavy atom. The highest BCUT2D eigenvalue weighted by atomic mass is 127. The van der Waals surface area contributed by atoms with Crippen LogP contribution < -0.4 is 10.1 Å². The van der Waals surface area contributed by atoms with E-state index in [-0.39, 0.29) is 35.9 Å². The molecule has 1 aromatic heterocycles. The Labute approximate surface area is 178 Å². The Morgan fingerprint density at radius 1 is 1.33 bits per heavy atom. The fourth-order valence-corrected chi connectivity index (χ4v) is 2.88. The lowest BCUT2D eigenvalue weighted by Gasteiger charge is -2.33. The summed E-state index contributed by atoms with van der Waals surface area (Å²) in [4.78, 5) is 22.9. The molecule has 0 aromatic carbocycles. The summed E-state index contributed by atoms with van der Waals surface area (Å²) < 4.78 is 10.4. The Bertz CT molecular complexity index is 587. The number of halogens is 1. The van der Waals surface area contributed by atoms with Gasteiger partial charge in [0.25, 0.3) is 0 Å². The Morgan fingerprint density at radius 3 is 2.63 bits per heavy atom. The van der Waals surface area contributed by atoms with Gasteiger partial charge in [-0.2, -0.15) is 0 Å². The van der Waals surface area contributed by atoms with E-state index in [1.165, 1.54) is 7.11 Å². The first-order valence-corrected chi connectivity index (χ1v) is 9.36. The van der Waals surface area contributed by atoms with E-state index in [4.69, 9.17) is 14.5 Å². The molecule has 152 valence electrons. The number of nitrogens with zero attached hydrogens (tertiary/aromatic N) is 3. The van der Waals surface area contributed by atoms with Gasteiger partial charge in [-0.3, -0.25) is 4.79 Å². The lowest BCUT2D eigenvalue weighted by Crippen LogP contribution is -2.46. The van der Waals surface area contributed by atoms with Gasteiger partial charge in [0.15, 0.2) is 5.96 Å². The topological polar surface area (TPSA) is 76.0 Å². The SMILES string of the molecule is CCCOc1ccc(CN=C(NCC)N2CCC(C(=O)OC)CC2)cn1.I. The number of carbonyl (C=O) groups excluding carboxylic acids is 1. The van der Waals surface area contributed by atoms with Crippen LogP contribution in [0.3, 0.4) is 0 Å². The molecule has 0 aliphatic carbocycles. The second-order valence-corrected chi connectivity index (χ2v) is 6.31. The van der Waals surface area contributed by atoms with Gasteiger partial charge in [0.1, 0.15) is 0 Å². The van der Waals surface area contributed by atoms with Gasteiger partial charge >= 0.3 is 5.97 Å². The first-order chi connectivity index (χ1) is 12.7. The van der Waals surface area contributed by atoms with Crippen LogP contribution in [-0.2, 0) is 16.1 Å². The number of carbonyl (C=O) groups is 1. The number of methoxy groups -OCH3 is 1. The minimum atomic E-state index is -0.108. The number of rotatable bonds is 7. The summed E-state index contributed by atoms with van der Waals surface area (Å²) in [5.74, 6) is 1.42. The highest BCUT2D eigenvalue weighted by Gasteiger charge is 2.26. The summed E-state index contributed by atoms with van der Waals surface area (Å²) in [5.41, 5.74) is 1.04. The van der Waals surface area contributed by atoms with Crippen molar-refractivity contribution in [2.75, 3.05) is 33.4 Å². The van der Waals surface area contributed by atoms with Gasteiger partial charge in [-0.25, -0.2) is 9.98 Å². The molecule has 1 aliphatic rings. The molecule has 1 aromatic rings. The lowest BCUT2D eigenvalue weighted by molar-refractivity contribution is -0.146. The third-order valence-electron chi connectivity index (χ3n) is 4.33. The second-order valence-electron chi connectivity index (χ2n) is 6.31. The zero-order valence-corrected chi connectivity index (χ0v) is 18.8. The first-order valence-electron chi connectivity index (χ1n) is 9.36. The maximum absolute atomic E-state index is 11.7. The summed E-state index contributed by atoms with van der Waals surface area (Å²) in [6.07, 6.45) is 4.36. The monoisotopic (exact) mass is 490 g/mol. The molecule has 1 aliphatic heterocycles. The van der Waals surface area contributed by atoms with E-state index < -0.39 is 0 Å². The smallest absolute Gasteiger partial charge is 0.308 e. The highest BCUT2D eigenvalue weighted by molar-refractivity contribution is 14.0. The summed E-state index contributed by atoms with van der Waals surface area (Å²) in [6, 6.07) is 3.88. The number of ether oxygens (including phenoxy) is 2. The molecule has 0 spiro atoms. The van der Waals surface area contributed by atoms with Gasteiger partial charge < -0.3 is 19.7 Å². The minimum absolute atomic E-state index is 0. The van der Waals surface area contributed by atoms with Crippen LogP contribution >= 0.6 is 24.0 Å². The molecule has 2 heterocycles. The molecule has 8 heteroatoms. The largest absolute Gasteiger partial charge is 0.478 e. The van der Waals surface area contributed by atoms with Gasteiger partial charge in [-0.05, 0) is 31.7 Å². The van der Waals surface area contributed by atoms with Crippen LogP contribution in [0.2, 0.25) is 0 Å². The molecule has 7 nitrogen and oxygen atoms in total. The van der Waals surface area contributed by atoms with Crippen LogP contribution in [0.4, 0.5) is 0 Å². The fourth-order valence-electron chi connectivity index (χ4n) is 2.88. The standard InChI is InChI=1S/C19H30N4O3.HI/c1-4-12-26-17-7-6-15(13-21-17)14-22-19(20-5-2)23-10-8-16(9-11-23)18(24)25-3;/h6-7,13,16H,4-5,8-12,14H2,1-3H3,(H,20,22);1H. The summed E-state index contributed by atoms with van der Waals surface area (Å²) in [6.45, 7) is 7.76. The predicted octanol–water partition coefficient (Wildman–Crippen LogP) is 2.84. The van der Waals surface area contributed by atoms with Gasteiger partial charge in [0, 0.05) is 31.9 Å². The average molecular weight is 490 g/mol. The van der Waals surface area contributed by atoms with Crippen molar-refractivity contribution in [2.24, 2.45) is 10.9 Å². The first kappa shape index (κ1) is 23.5. The van der Waals surface area contributed by atoms with Crippen LogP contribution in [0.25, 0.3) is 0 Å². The number of aromatic nitrogens is 1. The van der Waals surface area contributed by atoms with E-state index >= 15 is 0 Å². The van der Waals surface area contributed by atoms with Crippen molar-refractivity contribution in [3.05, 3.63) is 23.9 Å². The van der Waals surface area contributed by atoms with E-state index in [0.29, 0.717) is 19.0 Å². The number of likely N-dealkylation sites (tertiary alicyclic amines) is 1. The van der Waals surface area contributed by atoms with Gasteiger partial charge in [-0.1, -0.05) is 13.0 Å².